The van der Waals surface area contributed by atoms with Crippen molar-refractivity contribution in [2.24, 2.45) is 0 Å². The highest BCUT2D eigenvalue weighted by Gasteiger charge is 2.23. The number of aromatic nitrogens is 3. The lowest BCUT2D eigenvalue weighted by Crippen LogP contribution is -2.07. The molecule has 0 fully saturated rings. The number of nitrogens with zero attached hydrogens (tertiary/aromatic N) is 3. The van der Waals surface area contributed by atoms with Gasteiger partial charge in [0.2, 0.25) is 0 Å². The lowest BCUT2D eigenvalue weighted by atomic mass is 10.1. The minimum absolute atomic E-state index is 0.0994. The summed E-state index contributed by atoms with van der Waals surface area (Å²) in [6, 6.07) is 19.8. The Bertz CT molecular complexity index is 1410. The van der Waals surface area contributed by atoms with E-state index in [9.17, 15) is 8.78 Å². The van der Waals surface area contributed by atoms with Crippen LogP contribution in [0.25, 0.3) is 27.6 Å². The first-order chi connectivity index (χ1) is 15.0. The van der Waals surface area contributed by atoms with Crippen molar-refractivity contribution < 1.29 is 13.2 Å². The smallest absolute Gasteiger partial charge is 0.187 e. The van der Waals surface area contributed by atoms with Crippen LogP contribution in [-0.4, -0.2) is 14.8 Å². The number of anilines is 1. The van der Waals surface area contributed by atoms with Crippen LogP contribution in [0.4, 0.5) is 18.9 Å². The number of benzene rings is 3. The Morgan fingerprint density at radius 1 is 0.839 bits per heavy atom. The highest BCUT2D eigenvalue weighted by molar-refractivity contribution is 5.95. The van der Waals surface area contributed by atoms with Crippen LogP contribution < -0.4 is 5.32 Å². The van der Waals surface area contributed by atoms with Crippen LogP contribution in [0.15, 0.2) is 66.7 Å². The van der Waals surface area contributed by atoms with E-state index in [0.717, 1.165) is 11.3 Å². The molecule has 31 heavy (non-hydrogen) atoms. The molecule has 4 nitrogen and oxygen atoms in total. The zero-order chi connectivity index (χ0) is 21.5. The molecule has 3 aromatic carbocycles. The summed E-state index contributed by atoms with van der Waals surface area (Å²) in [6.07, 6.45) is 0. The Labute approximate surface area is 176 Å². The number of para-hydroxylation sites is 1. The maximum absolute atomic E-state index is 15.3. The molecule has 0 saturated heterocycles. The number of pyridine rings is 1. The maximum atomic E-state index is 15.3. The average Bonchev–Trinajstić information content (AvgIpc) is 3.13. The second-order valence-electron chi connectivity index (χ2n) is 7.24. The zero-order valence-electron chi connectivity index (χ0n) is 16.5. The number of fused-ring (bicyclic) bond motifs is 2. The summed E-state index contributed by atoms with van der Waals surface area (Å²) >= 11 is 0. The van der Waals surface area contributed by atoms with Crippen LogP contribution in [0.3, 0.4) is 0 Å². The SMILES string of the molecule is Cc1nn(-c2ccccc2)c2nc3c(F)c(F)c(NCc4ccccc4)c(F)c3cc12. The number of halogens is 3. The number of aryl methyl sites for hydroxylation is 1. The van der Waals surface area contributed by atoms with E-state index >= 15 is 4.39 Å². The van der Waals surface area contributed by atoms with Crippen molar-refractivity contribution in [3.63, 3.8) is 0 Å². The van der Waals surface area contributed by atoms with Crippen LogP contribution in [0, 0.1) is 24.4 Å². The van der Waals surface area contributed by atoms with Gasteiger partial charge in [-0.2, -0.15) is 5.10 Å². The molecule has 5 rings (SSSR count). The Kier molecular flexibility index (Phi) is 4.58. The van der Waals surface area contributed by atoms with E-state index in [1.165, 1.54) is 6.07 Å². The molecule has 2 aromatic heterocycles. The van der Waals surface area contributed by atoms with Gasteiger partial charge in [-0.3, -0.25) is 0 Å². The van der Waals surface area contributed by atoms with Gasteiger partial charge in [-0.25, -0.2) is 22.8 Å². The van der Waals surface area contributed by atoms with Crippen molar-refractivity contribution in [1.82, 2.24) is 14.8 Å². The largest absolute Gasteiger partial charge is 0.376 e. The second kappa shape index (κ2) is 7.43. The Balaban J connectivity index is 1.68. The van der Waals surface area contributed by atoms with Gasteiger partial charge in [0.1, 0.15) is 11.2 Å². The van der Waals surface area contributed by atoms with Crippen LogP contribution >= 0.6 is 0 Å². The summed E-state index contributed by atoms with van der Waals surface area (Å²) in [5, 5.41) is 7.61. The Morgan fingerprint density at radius 2 is 1.52 bits per heavy atom. The third-order valence-electron chi connectivity index (χ3n) is 5.23. The average molecular weight is 418 g/mol. The molecule has 2 heterocycles. The van der Waals surface area contributed by atoms with Gasteiger partial charge in [0.05, 0.1) is 11.4 Å². The van der Waals surface area contributed by atoms with Crippen LogP contribution in [-0.2, 0) is 6.54 Å². The third kappa shape index (κ3) is 3.18. The van der Waals surface area contributed by atoms with E-state index in [2.05, 4.69) is 15.4 Å². The molecule has 7 heteroatoms. The number of hydrogen-bond donors (Lipinski definition) is 1. The fourth-order valence-corrected chi connectivity index (χ4v) is 3.65. The molecule has 0 amide bonds. The summed E-state index contributed by atoms with van der Waals surface area (Å²) in [7, 11) is 0. The molecule has 5 aromatic rings. The quantitative estimate of drug-likeness (QED) is 0.369. The van der Waals surface area contributed by atoms with Gasteiger partial charge < -0.3 is 5.32 Å². The number of nitrogens with one attached hydrogen (secondary N) is 1. The molecule has 0 saturated carbocycles. The van der Waals surface area contributed by atoms with Crippen molar-refractivity contribution in [3.05, 3.63) is 95.4 Å². The van der Waals surface area contributed by atoms with Gasteiger partial charge in [-0.15, -0.1) is 0 Å². The van der Waals surface area contributed by atoms with E-state index in [4.69, 9.17) is 0 Å². The molecule has 0 atom stereocenters. The van der Waals surface area contributed by atoms with E-state index in [-0.39, 0.29) is 17.4 Å². The van der Waals surface area contributed by atoms with Gasteiger partial charge in [0, 0.05) is 17.3 Å². The van der Waals surface area contributed by atoms with E-state index < -0.39 is 23.1 Å². The van der Waals surface area contributed by atoms with Gasteiger partial charge in [0.15, 0.2) is 23.1 Å². The van der Waals surface area contributed by atoms with Crippen LogP contribution in [0.1, 0.15) is 11.3 Å². The summed E-state index contributed by atoms with van der Waals surface area (Å²) in [5.41, 5.74) is 1.59. The predicted molar refractivity (Wildman–Crippen MR) is 115 cm³/mol. The minimum Gasteiger partial charge on any atom is -0.376 e. The second-order valence-corrected chi connectivity index (χ2v) is 7.24. The zero-order valence-corrected chi connectivity index (χ0v) is 16.5. The standard InChI is InChI=1S/C24H17F3N4/c1-14-17-12-18-19(25)23(28-13-15-8-4-2-5-9-15)21(27)20(26)22(18)29-24(17)31(30-14)16-10-6-3-7-11-16/h2-12,28H,13H2,1H3. The molecule has 0 spiro atoms. The van der Waals surface area contributed by atoms with E-state index in [0.29, 0.717) is 16.7 Å². The molecule has 154 valence electrons. The molecule has 0 unspecified atom stereocenters. The molecule has 1 N–H and O–H groups in total. The van der Waals surface area contributed by atoms with Gasteiger partial charge in [-0.1, -0.05) is 48.5 Å². The van der Waals surface area contributed by atoms with Crippen LogP contribution in [0.5, 0.6) is 0 Å². The van der Waals surface area contributed by atoms with Crippen molar-refractivity contribution in [1.29, 1.82) is 0 Å². The number of rotatable bonds is 4. The van der Waals surface area contributed by atoms with Crippen LogP contribution in [0.2, 0.25) is 0 Å². The minimum atomic E-state index is -1.30. The first kappa shape index (κ1) is 19.1. The monoisotopic (exact) mass is 418 g/mol. The Morgan fingerprint density at radius 3 is 2.23 bits per heavy atom. The number of hydrogen-bond acceptors (Lipinski definition) is 3. The molecule has 0 aliphatic rings. The highest BCUT2D eigenvalue weighted by Crippen LogP contribution is 2.33. The molecule has 0 radical (unpaired) electrons. The van der Waals surface area contributed by atoms with Crippen molar-refractivity contribution >= 4 is 27.6 Å². The summed E-state index contributed by atoms with van der Waals surface area (Å²) in [6.45, 7) is 1.92. The van der Waals surface area contributed by atoms with Gasteiger partial charge in [0.25, 0.3) is 0 Å². The molecular weight excluding hydrogens is 401 g/mol. The predicted octanol–water partition coefficient (Wildman–Crippen LogP) is 5.91. The summed E-state index contributed by atoms with van der Waals surface area (Å²) in [5.74, 6) is -3.38. The first-order valence-corrected chi connectivity index (χ1v) is 9.74. The summed E-state index contributed by atoms with van der Waals surface area (Å²) < 4.78 is 46.6. The van der Waals surface area contributed by atoms with Crippen molar-refractivity contribution in [2.75, 3.05) is 5.32 Å². The fourth-order valence-electron chi connectivity index (χ4n) is 3.65. The fraction of sp³-hybridized carbons (Fsp3) is 0.0833. The highest BCUT2D eigenvalue weighted by atomic mass is 19.2. The van der Waals surface area contributed by atoms with Crippen molar-refractivity contribution in [3.8, 4) is 5.69 Å². The topological polar surface area (TPSA) is 42.7 Å². The lowest BCUT2D eigenvalue weighted by Gasteiger charge is -2.12. The molecule has 0 aliphatic carbocycles. The van der Waals surface area contributed by atoms with E-state index in [1.807, 2.05) is 60.7 Å². The first-order valence-electron chi connectivity index (χ1n) is 9.74. The van der Waals surface area contributed by atoms with E-state index in [1.54, 1.807) is 11.6 Å². The molecule has 0 aliphatic heterocycles. The Hall–Kier alpha value is -3.87. The third-order valence-corrected chi connectivity index (χ3v) is 5.23. The van der Waals surface area contributed by atoms with Gasteiger partial charge >= 0.3 is 0 Å². The van der Waals surface area contributed by atoms with Gasteiger partial charge in [-0.05, 0) is 30.7 Å². The lowest BCUT2D eigenvalue weighted by molar-refractivity contribution is 0.507. The summed E-state index contributed by atoms with van der Waals surface area (Å²) in [4.78, 5) is 4.27. The molecular formula is C24H17F3N4. The normalized spacial score (nSPS) is 11.4. The van der Waals surface area contributed by atoms with Crippen molar-refractivity contribution in [2.45, 2.75) is 13.5 Å². The molecule has 0 bridgehead atoms. The maximum Gasteiger partial charge on any atom is 0.187 e.